The molecule has 1 aromatic heterocycles. The molecule has 0 saturated carbocycles. The van der Waals surface area contributed by atoms with E-state index >= 15 is 0 Å². The van der Waals surface area contributed by atoms with Gasteiger partial charge in [0.2, 0.25) is 0 Å². The van der Waals surface area contributed by atoms with Gasteiger partial charge < -0.3 is 10.2 Å². The molecule has 144 valence electrons. The molecular formula is C24H27N3O. The second-order valence-electron chi connectivity index (χ2n) is 7.39. The SMILES string of the molecule is Cc1ccc(NC(=O)c2cncc(N(Cc3ccccc3)C(C)C)c2)cc1C. The Morgan fingerprint density at radius 3 is 2.43 bits per heavy atom. The monoisotopic (exact) mass is 373 g/mol. The van der Waals surface area contributed by atoms with Gasteiger partial charge in [-0.2, -0.15) is 0 Å². The summed E-state index contributed by atoms with van der Waals surface area (Å²) in [4.78, 5) is 19.3. The van der Waals surface area contributed by atoms with Crippen molar-refractivity contribution < 1.29 is 4.79 Å². The summed E-state index contributed by atoms with van der Waals surface area (Å²) in [5, 5.41) is 2.97. The number of nitrogens with zero attached hydrogens (tertiary/aromatic N) is 2. The standard InChI is InChI=1S/C24H27N3O/c1-17(2)27(16-20-8-6-5-7-9-20)23-13-21(14-25-15-23)24(28)26-22-11-10-18(3)19(4)12-22/h5-15,17H,16H2,1-4H3,(H,26,28). The van der Waals surface area contributed by atoms with Gasteiger partial charge in [-0.1, -0.05) is 36.4 Å². The van der Waals surface area contributed by atoms with Crippen LogP contribution in [-0.2, 0) is 6.54 Å². The molecule has 1 heterocycles. The van der Waals surface area contributed by atoms with E-state index in [9.17, 15) is 4.79 Å². The normalized spacial score (nSPS) is 10.8. The van der Waals surface area contributed by atoms with Crippen LogP contribution in [0.15, 0.2) is 67.0 Å². The predicted octanol–water partition coefficient (Wildman–Crippen LogP) is 5.37. The molecule has 1 amide bonds. The van der Waals surface area contributed by atoms with Crippen molar-refractivity contribution in [2.45, 2.75) is 40.3 Å². The van der Waals surface area contributed by atoms with Crippen molar-refractivity contribution >= 4 is 17.3 Å². The number of nitrogens with one attached hydrogen (secondary N) is 1. The number of amides is 1. The van der Waals surface area contributed by atoms with E-state index in [1.54, 1.807) is 6.20 Å². The third-order valence-electron chi connectivity index (χ3n) is 4.90. The molecule has 28 heavy (non-hydrogen) atoms. The van der Waals surface area contributed by atoms with Crippen LogP contribution in [0.3, 0.4) is 0 Å². The smallest absolute Gasteiger partial charge is 0.257 e. The number of benzene rings is 2. The molecule has 0 aliphatic carbocycles. The third-order valence-corrected chi connectivity index (χ3v) is 4.90. The first kappa shape index (κ1) is 19.6. The van der Waals surface area contributed by atoms with E-state index in [0.29, 0.717) is 5.56 Å². The summed E-state index contributed by atoms with van der Waals surface area (Å²) in [5.74, 6) is -0.152. The molecule has 3 rings (SSSR count). The van der Waals surface area contributed by atoms with Crippen LogP contribution in [-0.4, -0.2) is 16.9 Å². The number of carbonyl (C=O) groups is 1. The van der Waals surface area contributed by atoms with E-state index in [4.69, 9.17) is 0 Å². The number of pyridine rings is 1. The topological polar surface area (TPSA) is 45.2 Å². The van der Waals surface area contributed by atoms with E-state index in [0.717, 1.165) is 23.5 Å². The Labute approximate surface area is 167 Å². The molecule has 2 aromatic carbocycles. The number of rotatable bonds is 6. The minimum absolute atomic E-state index is 0.152. The molecule has 1 N–H and O–H groups in total. The molecule has 3 aromatic rings. The third kappa shape index (κ3) is 4.77. The van der Waals surface area contributed by atoms with E-state index in [1.165, 1.54) is 11.1 Å². The van der Waals surface area contributed by atoms with Crippen molar-refractivity contribution in [1.29, 1.82) is 0 Å². The highest BCUT2D eigenvalue weighted by Crippen LogP contribution is 2.21. The zero-order valence-electron chi connectivity index (χ0n) is 16.9. The molecule has 0 aliphatic heterocycles. The minimum atomic E-state index is -0.152. The molecule has 0 aliphatic rings. The molecule has 4 heteroatoms. The first-order chi connectivity index (χ1) is 13.4. The number of hydrogen-bond donors (Lipinski definition) is 1. The van der Waals surface area contributed by atoms with Crippen molar-refractivity contribution in [2.75, 3.05) is 10.2 Å². The number of carbonyl (C=O) groups excluding carboxylic acids is 1. The van der Waals surface area contributed by atoms with Crippen LogP contribution >= 0.6 is 0 Å². The summed E-state index contributed by atoms with van der Waals surface area (Å²) in [5.41, 5.74) is 5.86. The van der Waals surface area contributed by atoms with Gasteiger partial charge in [0, 0.05) is 24.5 Å². The van der Waals surface area contributed by atoms with Gasteiger partial charge in [-0.25, -0.2) is 0 Å². The van der Waals surface area contributed by atoms with Crippen LogP contribution < -0.4 is 10.2 Å². The van der Waals surface area contributed by atoms with E-state index in [2.05, 4.69) is 48.1 Å². The summed E-state index contributed by atoms with van der Waals surface area (Å²) < 4.78 is 0. The highest BCUT2D eigenvalue weighted by Gasteiger charge is 2.15. The van der Waals surface area contributed by atoms with Crippen LogP contribution in [0.1, 0.15) is 40.9 Å². The van der Waals surface area contributed by atoms with Crippen molar-refractivity contribution in [2.24, 2.45) is 0 Å². The zero-order chi connectivity index (χ0) is 20.1. The Morgan fingerprint density at radius 2 is 1.75 bits per heavy atom. The molecular weight excluding hydrogens is 346 g/mol. The van der Waals surface area contributed by atoms with Gasteiger partial charge in [-0.15, -0.1) is 0 Å². The van der Waals surface area contributed by atoms with Crippen molar-refractivity contribution in [3.8, 4) is 0 Å². The Hall–Kier alpha value is -3.14. The van der Waals surface area contributed by atoms with Crippen LogP contribution in [0.25, 0.3) is 0 Å². The average molecular weight is 374 g/mol. The van der Waals surface area contributed by atoms with Gasteiger partial charge in [0.1, 0.15) is 0 Å². The molecule has 0 atom stereocenters. The van der Waals surface area contributed by atoms with E-state index in [-0.39, 0.29) is 11.9 Å². The minimum Gasteiger partial charge on any atom is -0.364 e. The molecule has 0 radical (unpaired) electrons. The maximum Gasteiger partial charge on any atom is 0.257 e. The molecule has 0 saturated heterocycles. The van der Waals surface area contributed by atoms with E-state index in [1.807, 2.05) is 55.6 Å². The summed E-state index contributed by atoms with van der Waals surface area (Å²) >= 11 is 0. The van der Waals surface area contributed by atoms with Gasteiger partial charge in [0.25, 0.3) is 5.91 Å². The lowest BCUT2D eigenvalue weighted by atomic mass is 10.1. The second kappa shape index (κ2) is 8.70. The lowest BCUT2D eigenvalue weighted by Crippen LogP contribution is -2.30. The summed E-state index contributed by atoms with van der Waals surface area (Å²) in [7, 11) is 0. The van der Waals surface area contributed by atoms with Crippen LogP contribution in [0.2, 0.25) is 0 Å². The first-order valence-electron chi connectivity index (χ1n) is 9.58. The maximum absolute atomic E-state index is 12.7. The quantitative estimate of drug-likeness (QED) is 0.632. The van der Waals surface area contributed by atoms with Gasteiger partial charge in [0.05, 0.1) is 17.4 Å². The average Bonchev–Trinajstić information content (AvgIpc) is 2.69. The molecule has 0 spiro atoms. The maximum atomic E-state index is 12.7. The number of anilines is 2. The fourth-order valence-corrected chi connectivity index (χ4v) is 3.08. The van der Waals surface area contributed by atoms with Crippen molar-refractivity contribution in [1.82, 2.24) is 4.98 Å². The lowest BCUT2D eigenvalue weighted by Gasteiger charge is -2.29. The lowest BCUT2D eigenvalue weighted by molar-refractivity contribution is 0.102. The summed E-state index contributed by atoms with van der Waals surface area (Å²) in [6.45, 7) is 9.15. The van der Waals surface area contributed by atoms with E-state index < -0.39 is 0 Å². The predicted molar refractivity (Wildman–Crippen MR) is 116 cm³/mol. The van der Waals surface area contributed by atoms with Gasteiger partial charge in [-0.05, 0) is 62.6 Å². The first-order valence-corrected chi connectivity index (χ1v) is 9.58. The Morgan fingerprint density at radius 1 is 1.00 bits per heavy atom. The second-order valence-corrected chi connectivity index (χ2v) is 7.39. The molecule has 4 nitrogen and oxygen atoms in total. The Kier molecular flexibility index (Phi) is 6.09. The van der Waals surface area contributed by atoms with Crippen LogP contribution in [0, 0.1) is 13.8 Å². The highest BCUT2D eigenvalue weighted by atomic mass is 16.1. The fourth-order valence-electron chi connectivity index (χ4n) is 3.08. The number of hydrogen-bond acceptors (Lipinski definition) is 3. The molecule has 0 unspecified atom stereocenters. The Bertz CT molecular complexity index is 951. The van der Waals surface area contributed by atoms with Gasteiger partial charge in [-0.3, -0.25) is 9.78 Å². The Balaban J connectivity index is 1.81. The zero-order valence-corrected chi connectivity index (χ0v) is 16.9. The van der Waals surface area contributed by atoms with Crippen molar-refractivity contribution in [3.63, 3.8) is 0 Å². The van der Waals surface area contributed by atoms with Gasteiger partial charge in [0.15, 0.2) is 0 Å². The fraction of sp³-hybridized carbons (Fsp3) is 0.250. The van der Waals surface area contributed by atoms with Gasteiger partial charge >= 0.3 is 0 Å². The molecule has 0 bridgehead atoms. The number of aryl methyl sites for hydroxylation is 2. The van der Waals surface area contributed by atoms with Crippen LogP contribution in [0.4, 0.5) is 11.4 Å². The number of aromatic nitrogens is 1. The summed E-state index contributed by atoms with van der Waals surface area (Å²) in [6.07, 6.45) is 3.43. The van der Waals surface area contributed by atoms with Crippen molar-refractivity contribution in [3.05, 3.63) is 89.2 Å². The van der Waals surface area contributed by atoms with Crippen LogP contribution in [0.5, 0.6) is 0 Å². The highest BCUT2D eigenvalue weighted by molar-refractivity contribution is 6.04. The largest absolute Gasteiger partial charge is 0.364 e. The molecule has 0 fully saturated rings. The summed E-state index contributed by atoms with van der Waals surface area (Å²) in [6, 6.07) is 18.4.